The minimum absolute atomic E-state index is 0.140. The maximum atomic E-state index is 12.0. The molecule has 18 heavy (non-hydrogen) atoms. The van der Waals surface area contributed by atoms with E-state index < -0.39 is 5.97 Å². The lowest BCUT2D eigenvalue weighted by molar-refractivity contribution is -0.132. The summed E-state index contributed by atoms with van der Waals surface area (Å²) in [4.78, 5) is 27.7. The molecule has 6 heteroatoms. The third-order valence-electron chi connectivity index (χ3n) is 2.64. The summed E-state index contributed by atoms with van der Waals surface area (Å²) in [6.07, 6.45) is 3.43. The van der Waals surface area contributed by atoms with E-state index in [2.05, 4.69) is 4.98 Å². The number of carboxylic acid groups (broad SMARTS) is 1. The van der Waals surface area contributed by atoms with Crippen molar-refractivity contribution in [1.29, 1.82) is 0 Å². The van der Waals surface area contributed by atoms with Crippen molar-refractivity contribution in [2.45, 2.75) is 19.9 Å². The Hall–Kier alpha value is -1.95. The van der Waals surface area contributed by atoms with Crippen molar-refractivity contribution >= 4 is 27.5 Å². The highest BCUT2D eigenvalue weighted by atomic mass is 32.1. The average molecular weight is 264 g/mol. The van der Waals surface area contributed by atoms with Crippen LogP contribution in [0.15, 0.2) is 34.2 Å². The highest BCUT2D eigenvalue weighted by molar-refractivity contribution is 7.16. The molecule has 1 N–H and O–H groups in total. The number of thiophene rings is 1. The molecular formula is C12H12N2O3S. The molecule has 0 aliphatic rings. The molecule has 0 aromatic carbocycles. The van der Waals surface area contributed by atoms with Crippen LogP contribution in [0, 0.1) is 0 Å². The van der Waals surface area contributed by atoms with E-state index in [1.165, 1.54) is 22.2 Å². The highest BCUT2D eigenvalue weighted by Crippen LogP contribution is 2.13. The van der Waals surface area contributed by atoms with Gasteiger partial charge in [-0.15, -0.1) is 11.3 Å². The van der Waals surface area contributed by atoms with Gasteiger partial charge in [-0.3, -0.25) is 9.36 Å². The number of fused-ring (bicyclic) bond motifs is 1. The van der Waals surface area contributed by atoms with Crippen LogP contribution in [-0.4, -0.2) is 20.6 Å². The van der Waals surface area contributed by atoms with Crippen molar-refractivity contribution < 1.29 is 9.90 Å². The lowest BCUT2D eigenvalue weighted by Crippen LogP contribution is -2.19. The Morgan fingerprint density at radius 1 is 1.61 bits per heavy atom. The maximum Gasteiger partial charge on any atom is 0.331 e. The van der Waals surface area contributed by atoms with Crippen LogP contribution in [-0.2, 0) is 11.3 Å². The molecule has 0 saturated carbocycles. The predicted molar refractivity (Wildman–Crippen MR) is 69.9 cm³/mol. The largest absolute Gasteiger partial charge is 0.478 e. The third kappa shape index (κ3) is 2.33. The molecule has 0 amide bonds. The monoisotopic (exact) mass is 264 g/mol. The van der Waals surface area contributed by atoms with Crippen molar-refractivity contribution in [2.75, 3.05) is 0 Å². The molecule has 5 nitrogen and oxygen atoms in total. The van der Waals surface area contributed by atoms with E-state index in [9.17, 15) is 9.59 Å². The zero-order valence-corrected chi connectivity index (χ0v) is 10.6. The molecule has 0 saturated heterocycles. The number of aliphatic carboxylic acids is 1. The quantitative estimate of drug-likeness (QED) is 0.856. The number of carboxylic acids is 1. The first-order valence-corrected chi connectivity index (χ1v) is 6.36. The fourth-order valence-corrected chi connectivity index (χ4v) is 2.34. The standard InChI is InChI=1S/C12H12N2O3S/c1-2-8(12(16)17)3-5-14-7-13-10-9(11(14)15)4-6-18-10/h3-4,6-7H,2,5H2,1H3,(H,16,17). The zero-order valence-electron chi connectivity index (χ0n) is 9.79. The Labute approximate surface area is 107 Å². The molecule has 94 valence electrons. The Balaban J connectivity index is 2.35. The van der Waals surface area contributed by atoms with E-state index in [-0.39, 0.29) is 12.1 Å². The molecule has 0 aliphatic heterocycles. The van der Waals surface area contributed by atoms with Crippen LogP contribution in [0.2, 0.25) is 0 Å². The summed E-state index contributed by atoms with van der Waals surface area (Å²) < 4.78 is 1.41. The first-order valence-electron chi connectivity index (χ1n) is 5.48. The van der Waals surface area contributed by atoms with Crippen molar-refractivity contribution in [2.24, 2.45) is 0 Å². The SMILES string of the molecule is CCC(=CCn1cnc2sccc2c1=O)C(=O)O. The summed E-state index contributed by atoms with van der Waals surface area (Å²) in [6, 6.07) is 1.73. The Morgan fingerprint density at radius 2 is 2.39 bits per heavy atom. The second kappa shape index (κ2) is 5.14. The van der Waals surface area contributed by atoms with E-state index in [1.54, 1.807) is 19.1 Å². The van der Waals surface area contributed by atoms with Crippen LogP contribution in [0.3, 0.4) is 0 Å². The van der Waals surface area contributed by atoms with Crippen molar-refractivity contribution in [3.05, 3.63) is 39.8 Å². The number of hydrogen-bond acceptors (Lipinski definition) is 4. The molecule has 0 bridgehead atoms. The first kappa shape index (κ1) is 12.5. The van der Waals surface area contributed by atoms with Gasteiger partial charge in [-0.1, -0.05) is 13.0 Å². The van der Waals surface area contributed by atoms with Gasteiger partial charge < -0.3 is 5.11 Å². The molecule has 0 spiro atoms. The first-order chi connectivity index (χ1) is 8.63. The van der Waals surface area contributed by atoms with Gasteiger partial charge in [0, 0.05) is 12.1 Å². The number of rotatable bonds is 4. The molecular weight excluding hydrogens is 252 g/mol. The summed E-state index contributed by atoms with van der Waals surface area (Å²) >= 11 is 1.41. The molecule has 0 aliphatic carbocycles. The van der Waals surface area contributed by atoms with Crippen molar-refractivity contribution in [1.82, 2.24) is 9.55 Å². The second-order valence-electron chi connectivity index (χ2n) is 3.73. The summed E-state index contributed by atoms with van der Waals surface area (Å²) in [5, 5.41) is 11.3. The molecule has 2 aromatic rings. The summed E-state index contributed by atoms with van der Waals surface area (Å²) in [5.41, 5.74) is 0.158. The highest BCUT2D eigenvalue weighted by Gasteiger charge is 2.06. The molecule has 0 atom stereocenters. The minimum Gasteiger partial charge on any atom is -0.478 e. The Kier molecular flexibility index (Phi) is 3.57. The molecule has 2 heterocycles. The topological polar surface area (TPSA) is 72.2 Å². The molecule has 0 unspecified atom stereocenters. The van der Waals surface area contributed by atoms with Gasteiger partial charge >= 0.3 is 5.97 Å². The summed E-state index contributed by atoms with van der Waals surface area (Å²) in [7, 11) is 0. The zero-order chi connectivity index (χ0) is 13.1. The van der Waals surface area contributed by atoms with Crippen LogP contribution in [0.4, 0.5) is 0 Å². The van der Waals surface area contributed by atoms with Gasteiger partial charge in [-0.05, 0) is 17.9 Å². The smallest absolute Gasteiger partial charge is 0.331 e. The van der Waals surface area contributed by atoms with E-state index in [1.807, 2.05) is 5.38 Å². The Bertz CT molecular complexity index is 669. The number of aromatic nitrogens is 2. The van der Waals surface area contributed by atoms with Crippen LogP contribution in [0.1, 0.15) is 13.3 Å². The van der Waals surface area contributed by atoms with E-state index in [4.69, 9.17) is 5.11 Å². The number of carbonyl (C=O) groups is 1. The number of hydrogen-bond donors (Lipinski definition) is 1. The summed E-state index contributed by atoms with van der Waals surface area (Å²) in [5.74, 6) is -0.949. The minimum atomic E-state index is -0.949. The van der Waals surface area contributed by atoms with Crippen LogP contribution >= 0.6 is 11.3 Å². The van der Waals surface area contributed by atoms with Crippen LogP contribution < -0.4 is 5.56 Å². The van der Waals surface area contributed by atoms with Gasteiger partial charge in [-0.2, -0.15) is 0 Å². The average Bonchev–Trinajstić information content (AvgIpc) is 2.81. The lowest BCUT2D eigenvalue weighted by Gasteiger charge is -2.02. The normalized spacial score (nSPS) is 11.9. The molecule has 0 radical (unpaired) electrons. The van der Waals surface area contributed by atoms with Gasteiger partial charge in [0.05, 0.1) is 11.7 Å². The second-order valence-corrected chi connectivity index (χ2v) is 4.62. The van der Waals surface area contributed by atoms with Crippen molar-refractivity contribution in [3.63, 3.8) is 0 Å². The van der Waals surface area contributed by atoms with Gasteiger partial charge in [0.1, 0.15) is 4.83 Å². The fraction of sp³-hybridized carbons (Fsp3) is 0.250. The van der Waals surface area contributed by atoms with E-state index >= 15 is 0 Å². The maximum absolute atomic E-state index is 12.0. The van der Waals surface area contributed by atoms with E-state index in [0.29, 0.717) is 22.2 Å². The number of allylic oxidation sites excluding steroid dienone is 1. The van der Waals surface area contributed by atoms with Gasteiger partial charge in [-0.25, -0.2) is 9.78 Å². The number of nitrogens with zero attached hydrogens (tertiary/aromatic N) is 2. The van der Waals surface area contributed by atoms with Gasteiger partial charge in [0.2, 0.25) is 0 Å². The van der Waals surface area contributed by atoms with E-state index in [0.717, 1.165) is 0 Å². The van der Waals surface area contributed by atoms with Crippen LogP contribution in [0.25, 0.3) is 10.2 Å². The third-order valence-corrected chi connectivity index (χ3v) is 3.46. The van der Waals surface area contributed by atoms with Gasteiger partial charge in [0.25, 0.3) is 5.56 Å². The Morgan fingerprint density at radius 3 is 3.06 bits per heavy atom. The van der Waals surface area contributed by atoms with Crippen molar-refractivity contribution in [3.8, 4) is 0 Å². The fourth-order valence-electron chi connectivity index (χ4n) is 1.61. The van der Waals surface area contributed by atoms with Gasteiger partial charge in [0.15, 0.2) is 0 Å². The lowest BCUT2D eigenvalue weighted by atomic mass is 10.2. The summed E-state index contributed by atoms with van der Waals surface area (Å²) in [6.45, 7) is 2.00. The predicted octanol–water partition coefficient (Wildman–Crippen LogP) is 1.88. The van der Waals surface area contributed by atoms with Crippen LogP contribution in [0.5, 0.6) is 0 Å². The molecule has 2 aromatic heterocycles. The molecule has 0 fully saturated rings. The molecule has 2 rings (SSSR count).